The van der Waals surface area contributed by atoms with Gasteiger partial charge >= 0.3 is 0 Å². The summed E-state index contributed by atoms with van der Waals surface area (Å²) in [6, 6.07) is 20.5. The van der Waals surface area contributed by atoms with E-state index in [1.165, 1.54) is 5.56 Å². The third-order valence-corrected chi connectivity index (χ3v) is 5.53. The van der Waals surface area contributed by atoms with Crippen LogP contribution >= 0.6 is 11.6 Å². The number of benzene rings is 2. The monoisotopic (exact) mass is 404 g/mol. The van der Waals surface area contributed by atoms with E-state index in [4.69, 9.17) is 16.7 Å². The lowest BCUT2D eigenvalue weighted by molar-refractivity contribution is 0.287. The van der Waals surface area contributed by atoms with Crippen LogP contribution in [0.1, 0.15) is 18.2 Å². The minimum atomic E-state index is -0.130. The summed E-state index contributed by atoms with van der Waals surface area (Å²) in [7, 11) is 4.23. The standard InChI is InChI=1S/C24H25ClN4/c1-24(17-28(2)3,15-18-7-5-4-6-8-18)22-13-14-26-23-21(16-27-29(22)23)19-9-11-20(25)12-10-19/h4-14,16H,15,17H2,1-3H3. The second-order valence-corrected chi connectivity index (χ2v) is 8.53. The van der Waals surface area contributed by atoms with Crippen molar-refractivity contribution in [2.45, 2.75) is 18.8 Å². The summed E-state index contributed by atoms with van der Waals surface area (Å²) >= 11 is 6.06. The Balaban J connectivity index is 1.83. The quantitative estimate of drug-likeness (QED) is 0.447. The van der Waals surface area contributed by atoms with Gasteiger partial charge < -0.3 is 4.90 Å². The van der Waals surface area contributed by atoms with Crippen LogP contribution in [0.15, 0.2) is 73.1 Å². The smallest absolute Gasteiger partial charge is 0.163 e. The van der Waals surface area contributed by atoms with Crippen molar-refractivity contribution in [3.05, 3.63) is 89.3 Å². The van der Waals surface area contributed by atoms with Crippen LogP contribution < -0.4 is 0 Å². The minimum Gasteiger partial charge on any atom is -0.308 e. The molecule has 0 saturated heterocycles. The largest absolute Gasteiger partial charge is 0.308 e. The van der Waals surface area contributed by atoms with Gasteiger partial charge in [-0.15, -0.1) is 0 Å². The zero-order valence-electron chi connectivity index (χ0n) is 17.0. The number of rotatable bonds is 6. The Morgan fingerprint density at radius 2 is 1.72 bits per heavy atom. The fourth-order valence-electron chi connectivity index (χ4n) is 4.15. The van der Waals surface area contributed by atoms with Gasteiger partial charge in [0, 0.05) is 28.7 Å². The number of hydrogen-bond donors (Lipinski definition) is 0. The Morgan fingerprint density at radius 3 is 2.41 bits per heavy atom. The summed E-state index contributed by atoms with van der Waals surface area (Å²) in [6.45, 7) is 3.20. The van der Waals surface area contributed by atoms with Crippen LogP contribution in [0.2, 0.25) is 5.02 Å². The SMILES string of the molecule is CN(C)CC(C)(Cc1ccccc1)c1ccnc2c(-c3ccc(Cl)cc3)cnn12. The normalized spacial score (nSPS) is 13.7. The summed E-state index contributed by atoms with van der Waals surface area (Å²) < 4.78 is 2.00. The molecule has 4 nitrogen and oxygen atoms in total. The van der Waals surface area contributed by atoms with E-state index in [0.29, 0.717) is 0 Å². The van der Waals surface area contributed by atoms with Crippen LogP contribution in [0.25, 0.3) is 16.8 Å². The maximum absolute atomic E-state index is 6.06. The third-order valence-electron chi connectivity index (χ3n) is 5.28. The summed E-state index contributed by atoms with van der Waals surface area (Å²) in [6.07, 6.45) is 4.71. The van der Waals surface area contributed by atoms with E-state index >= 15 is 0 Å². The molecular weight excluding hydrogens is 380 g/mol. The van der Waals surface area contributed by atoms with Crippen LogP contribution in [-0.4, -0.2) is 40.1 Å². The molecular formula is C24H25ClN4. The molecule has 0 bridgehead atoms. The van der Waals surface area contributed by atoms with Crippen molar-refractivity contribution in [3.63, 3.8) is 0 Å². The molecule has 5 heteroatoms. The Bertz CT molecular complexity index is 1100. The van der Waals surface area contributed by atoms with Gasteiger partial charge in [-0.2, -0.15) is 5.10 Å². The second-order valence-electron chi connectivity index (χ2n) is 8.09. The van der Waals surface area contributed by atoms with Crippen LogP contribution in [0, 0.1) is 0 Å². The van der Waals surface area contributed by atoms with Gasteiger partial charge in [0.2, 0.25) is 0 Å². The van der Waals surface area contributed by atoms with Gasteiger partial charge in [0.25, 0.3) is 0 Å². The average molecular weight is 405 g/mol. The number of likely N-dealkylation sites (N-methyl/N-ethyl adjacent to an activating group) is 1. The fourth-order valence-corrected chi connectivity index (χ4v) is 4.28. The topological polar surface area (TPSA) is 33.4 Å². The molecule has 0 spiro atoms. The summed E-state index contributed by atoms with van der Waals surface area (Å²) in [5.41, 5.74) is 5.27. The van der Waals surface area contributed by atoms with Crippen LogP contribution in [0.3, 0.4) is 0 Å². The lowest BCUT2D eigenvalue weighted by Crippen LogP contribution is -2.38. The molecule has 0 aliphatic heterocycles. The fraction of sp³-hybridized carbons (Fsp3) is 0.250. The number of aromatic nitrogens is 3. The van der Waals surface area contributed by atoms with Crippen molar-refractivity contribution >= 4 is 17.2 Å². The molecule has 2 heterocycles. The number of halogens is 1. The predicted molar refractivity (Wildman–Crippen MR) is 119 cm³/mol. The Morgan fingerprint density at radius 1 is 1.00 bits per heavy atom. The molecule has 0 fully saturated rings. The summed E-state index contributed by atoms with van der Waals surface area (Å²) in [5, 5.41) is 5.46. The van der Waals surface area contributed by atoms with Crippen LogP contribution in [0.4, 0.5) is 0 Å². The molecule has 0 aliphatic rings. The van der Waals surface area contributed by atoms with E-state index in [2.05, 4.69) is 67.3 Å². The van der Waals surface area contributed by atoms with Crippen molar-refractivity contribution in [3.8, 4) is 11.1 Å². The van der Waals surface area contributed by atoms with Crippen molar-refractivity contribution in [1.82, 2.24) is 19.5 Å². The number of fused-ring (bicyclic) bond motifs is 1. The van der Waals surface area contributed by atoms with Gasteiger partial charge in [0.1, 0.15) is 0 Å². The molecule has 0 aliphatic carbocycles. The summed E-state index contributed by atoms with van der Waals surface area (Å²) in [4.78, 5) is 6.89. The maximum Gasteiger partial charge on any atom is 0.163 e. The first-order valence-corrected chi connectivity index (χ1v) is 10.1. The highest BCUT2D eigenvalue weighted by molar-refractivity contribution is 6.30. The minimum absolute atomic E-state index is 0.130. The van der Waals surface area contributed by atoms with Crippen LogP contribution in [-0.2, 0) is 11.8 Å². The van der Waals surface area contributed by atoms with E-state index in [1.54, 1.807) is 0 Å². The number of nitrogens with zero attached hydrogens (tertiary/aromatic N) is 4. The molecule has 4 aromatic rings. The van der Waals surface area contributed by atoms with E-state index in [9.17, 15) is 0 Å². The first kappa shape index (κ1) is 19.6. The first-order chi connectivity index (χ1) is 14.0. The maximum atomic E-state index is 6.06. The van der Waals surface area contributed by atoms with Gasteiger partial charge in [-0.3, -0.25) is 0 Å². The molecule has 0 N–H and O–H groups in total. The highest BCUT2D eigenvalue weighted by Gasteiger charge is 2.31. The van der Waals surface area contributed by atoms with Gasteiger partial charge in [-0.05, 0) is 49.8 Å². The van der Waals surface area contributed by atoms with E-state index in [-0.39, 0.29) is 5.41 Å². The Hall–Kier alpha value is -2.69. The Kier molecular flexibility index (Phi) is 5.39. The molecule has 0 radical (unpaired) electrons. The molecule has 148 valence electrons. The van der Waals surface area contributed by atoms with Crippen molar-refractivity contribution in [2.24, 2.45) is 0 Å². The van der Waals surface area contributed by atoms with Gasteiger partial charge in [0.15, 0.2) is 5.65 Å². The molecule has 2 aromatic carbocycles. The van der Waals surface area contributed by atoms with E-state index in [1.807, 2.05) is 41.2 Å². The molecule has 0 saturated carbocycles. The third kappa shape index (κ3) is 4.04. The number of hydrogen-bond acceptors (Lipinski definition) is 3. The van der Waals surface area contributed by atoms with Gasteiger partial charge in [0.05, 0.1) is 11.9 Å². The van der Waals surface area contributed by atoms with Crippen molar-refractivity contribution < 1.29 is 0 Å². The first-order valence-electron chi connectivity index (χ1n) is 9.74. The Labute approximate surface area is 176 Å². The molecule has 0 amide bonds. The van der Waals surface area contributed by atoms with Crippen molar-refractivity contribution in [1.29, 1.82) is 0 Å². The van der Waals surface area contributed by atoms with E-state index < -0.39 is 0 Å². The van der Waals surface area contributed by atoms with Gasteiger partial charge in [-0.25, -0.2) is 9.50 Å². The lowest BCUT2D eigenvalue weighted by Gasteiger charge is -2.33. The molecule has 4 rings (SSSR count). The van der Waals surface area contributed by atoms with Crippen LogP contribution in [0.5, 0.6) is 0 Å². The zero-order chi connectivity index (χ0) is 20.4. The predicted octanol–water partition coefficient (Wildman–Crippen LogP) is 5.11. The molecule has 1 atom stereocenters. The average Bonchev–Trinajstić information content (AvgIpc) is 3.13. The molecule has 2 aromatic heterocycles. The second kappa shape index (κ2) is 7.97. The van der Waals surface area contributed by atoms with Crippen molar-refractivity contribution in [2.75, 3.05) is 20.6 Å². The highest BCUT2D eigenvalue weighted by atomic mass is 35.5. The van der Waals surface area contributed by atoms with Gasteiger partial charge in [-0.1, -0.05) is 61.0 Å². The summed E-state index contributed by atoms with van der Waals surface area (Å²) in [5.74, 6) is 0. The van der Waals surface area contributed by atoms with E-state index in [0.717, 1.165) is 40.5 Å². The highest BCUT2D eigenvalue weighted by Crippen LogP contribution is 2.32. The molecule has 29 heavy (non-hydrogen) atoms. The zero-order valence-corrected chi connectivity index (χ0v) is 17.8. The molecule has 1 unspecified atom stereocenters. The lowest BCUT2D eigenvalue weighted by atomic mass is 9.79.